The maximum absolute atomic E-state index is 13.4. The molecule has 2 aromatic carbocycles. The number of benzene rings is 2. The summed E-state index contributed by atoms with van der Waals surface area (Å²) in [6.45, 7) is 13.8. The van der Waals surface area contributed by atoms with Gasteiger partial charge < -0.3 is 19.7 Å². The van der Waals surface area contributed by atoms with Crippen LogP contribution in [0.25, 0.3) is 11.1 Å². The molecule has 0 fully saturated rings. The number of pyridine rings is 1. The second-order valence-corrected chi connectivity index (χ2v) is 8.68. The molecule has 3 aromatic rings. The van der Waals surface area contributed by atoms with Crippen LogP contribution in [0.3, 0.4) is 0 Å². The Labute approximate surface area is 237 Å². The van der Waals surface area contributed by atoms with Crippen molar-refractivity contribution in [1.29, 1.82) is 0 Å². The second kappa shape index (κ2) is 15.6. The summed E-state index contributed by atoms with van der Waals surface area (Å²) in [4.78, 5) is 33.0. The lowest BCUT2D eigenvalue weighted by molar-refractivity contribution is -0.0980. The molecule has 208 valence electrons. The zero-order valence-electron chi connectivity index (χ0n) is 24.2. The number of nitrogens with one attached hydrogen (secondary N) is 1. The number of aromatic nitrogens is 1. The minimum atomic E-state index is -0.423. The fourth-order valence-electron chi connectivity index (χ4n) is 4.20. The Morgan fingerprint density at radius 3 is 2.27 bits per heavy atom. The summed E-state index contributed by atoms with van der Waals surface area (Å²) in [5, 5.41) is 3.47. The molecule has 40 heavy (non-hydrogen) atoms. The smallest absolute Gasteiger partial charge is 0.340 e. The molecular formula is C33H38N4O3. The molecule has 1 N–H and O–H groups in total. The Bertz CT molecular complexity index is 1390. The maximum Gasteiger partial charge on any atom is 0.340 e. The average molecular weight is 539 g/mol. The number of aryl methyl sites for hydroxylation is 2. The van der Waals surface area contributed by atoms with Gasteiger partial charge in [-0.15, -0.1) is 0 Å². The molecule has 1 heterocycles. The Balaban J connectivity index is 0.00000274. The highest BCUT2D eigenvalue weighted by molar-refractivity contribution is 6.18. The predicted molar refractivity (Wildman–Crippen MR) is 166 cm³/mol. The van der Waals surface area contributed by atoms with Crippen molar-refractivity contribution in [3.05, 3.63) is 114 Å². The van der Waals surface area contributed by atoms with Gasteiger partial charge in [0.2, 0.25) is 0 Å². The van der Waals surface area contributed by atoms with Crippen molar-refractivity contribution < 1.29 is 14.3 Å². The van der Waals surface area contributed by atoms with Crippen molar-refractivity contribution in [2.45, 2.75) is 27.7 Å². The topological polar surface area (TPSA) is 83.9 Å². The number of amidine groups is 1. The summed E-state index contributed by atoms with van der Waals surface area (Å²) in [5.74, 6) is 0.791. The lowest BCUT2D eigenvalue weighted by Gasteiger charge is -2.27. The molecule has 0 bridgehead atoms. The molecule has 0 aliphatic rings. The monoisotopic (exact) mass is 538 g/mol. The number of hydrogen-bond acceptors (Lipinski definition) is 6. The normalized spacial score (nSPS) is 11.4. The van der Waals surface area contributed by atoms with Crippen LogP contribution in [0.5, 0.6) is 0 Å². The van der Waals surface area contributed by atoms with Crippen LogP contribution in [-0.2, 0) is 9.53 Å². The molecule has 7 nitrogen and oxygen atoms in total. The first kappa shape index (κ1) is 31.4. The highest BCUT2D eigenvalue weighted by Crippen LogP contribution is 2.37. The quantitative estimate of drug-likeness (QED) is 0.138. The Morgan fingerprint density at radius 1 is 1.07 bits per heavy atom. The average Bonchev–Trinajstić information content (AvgIpc) is 2.97. The standard InChI is InChI=1S/C32H36N4O2.CH2O/c1-8-14-26(15-9-2)36(7)31-29(30(33-6)35-25-20-18-22(4)19-21-25)28(24-16-12-11-13-17-24)27(23(5)34-31)32(37)38-10-3;1-2/h8-9,11-21H,1,10H2,2-7H3,(H,33,35);1H2/b15-9-,26-14+;. The van der Waals surface area contributed by atoms with Crippen LogP contribution >= 0.6 is 0 Å². The van der Waals surface area contributed by atoms with Crippen LogP contribution in [0.15, 0.2) is 96.2 Å². The molecule has 0 unspecified atom stereocenters. The number of hydrogen-bond donors (Lipinski definition) is 1. The number of allylic oxidation sites excluding steroid dienone is 4. The number of esters is 1. The fourth-order valence-corrected chi connectivity index (χ4v) is 4.20. The first-order chi connectivity index (χ1) is 19.4. The third kappa shape index (κ3) is 7.41. The van der Waals surface area contributed by atoms with Gasteiger partial charge in [0.15, 0.2) is 0 Å². The lowest BCUT2D eigenvalue weighted by atomic mass is 9.92. The third-order valence-electron chi connectivity index (χ3n) is 6.01. The van der Waals surface area contributed by atoms with Gasteiger partial charge in [-0.3, -0.25) is 4.99 Å². The van der Waals surface area contributed by atoms with Crippen molar-refractivity contribution in [2.75, 3.05) is 30.9 Å². The molecule has 0 aliphatic carbocycles. The summed E-state index contributed by atoms with van der Waals surface area (Å²) in [6, 6.07) is 17.9. The van der Waals surface area contributed by atoms with Gasteiger partial charge in [0.25, 0.3) is 0 Å². The number of carbonyl (C=O) groups excluding carboxylic acids is 2. The minimum absolute atomic E-state index is 0.257. The first-order valence-corrected chi connectivity index (χ1v) is 12.9. The van der Waals surface area contributed by atoms with Crippen molar-refractivity contribution >= 4 is 30.1 Å². The van der Waals surface area contributed by atoms with Gasteiger partial charge in [-0.1, -0.05) is 66.8 Å². The molecule has 0 spiro atoms. The van der Waals surface area contributed by atoms with E-state index in [-0.39, 0.29) is 6.61 Å². The van der Waals surface area contributed by atoms with E-state index in [1.807, 2.05) is 112 Å². The van der Waals surface area contributed by atoms with E-state index in [1.165, 1.54) is 0 Å². The predicted octanol–water partition coefficient (Wildman–Crippen LogP) is 6.93. The van der Waals surface area contributed by atoms with Gasteiger partial charge in [0.05, 0.1) is 23.4 Å². The molecule has 1 aromatic heterocycles. The molecular weight excluding hydrogens is 500 g/mol. The van der Waals surface area contributed by atoms with E-state index < -0.39 is 5.97 Å². The Hall–Kier alpha value is -4.78. The molecule has 0 aliphatic heterocycles. The van der Waals surface area contributed by atoms with Crippen molar-refractivity contribution in [3.8, 4) is 11.1 Å². The molecule has 0 radical (unpaired) electrons. The SMILES string of the molecule is C=C/C=C(\C=C/C)N(C)c1nc(C)c(C(=O)OCC)c(-c2ccccc2)c1C(=NC)Nc1ccc(C)cc1.C=O. The molecule has 0 amide bonds. The highest BCUT2D eigenvalue weighted by atomic mass is 16.5. The van der Waals surface area contributed by atoms with Crippen LogP contribution in [0.1, 0.15) is 41.0 Å². The van der Waals surface area contributed by atoms with E-state index in [2.05, 4.69) is 16.9 Å². The largest absolute Gasteiger partial charge is 0.462 e. The number of rotatable bonds is 9. The van der Waals surface area contributed by atoms with Crippen LogP contribution < -0.4 is 10.2 Å². The van der Waals surface area contributed by atoms with Gasteiger partial charge in [-0.2, -0.15) is 0 Å². The lowest BCUT2D eigenvalue weighted by Crippen LogP contribution is -2.26. The van der Waals surface area contributed by atoms with Crippen LogP contribution in [0.2, 0.25) is 0 Å². The zero-order chi connectivity index (χ0) is 29.7. The van der Waals surface area contributed by atoms with Crippen molar-refractivity contribution in [1.82, 2.24) is 4.98 Å². The first-order valence-electron chi connectivity index (χ1n) is 12.9. The van der Waals surface area contributed by atoms with Crippen molar-refractivity contribution in [2.24, 2.45) is 4.99 Å². The maximum atomic E-state index is 13.4. The number of anilines is 2. The van der Waals surface area contributed by atoms with Gasteiger partial charge >= 0.3 is 5.97 Å². The molecule has 3 rings (SSSR count). The van der Waals surface area contributed by atoms with E-state index in [9.17, 15) is 4.79 Å². The number of ether oxygens (including phenoxy) is 1. The zero-order valence-corrected chi connectivity index (χ0v) is 24.2. The highest BCUT2D eigenvalue weighted by Gasteiger charge is 2.29. The van der Waals surface area contributed by atoms with E-state index in [0.717, 1.165) is 22.5 Å². The van der Waals surface area contributed by atoms with E-state index in [1.54, 1.807) is 20.0 Å². The number of aliphatic imine (C=N–C) groups is 1. The fraction of sp³-hybridized carbons (Fsp3) is 0.212. The van der Waals surface area contributed by atoms with E-state index in [0.29, 0.717) is 34.0 Å². The summed E-state index contributed by atoms with van der Waals surface area (Å²) in [6.07, 6.45) is 7.60. The molecule has 0 saturated carbocycles. The third-order valence-corrected chi connectivity index (χ3v) is 6.01. The van der Waals surface area contributed by atoms with Gasteiger partial charge in [0, 0.05) is 31.0 Å². The van der Waals surface area contributed by atoms with Crippen molar-refractivity contribution in [3.63, 3.8) is 0 Å². The van der Waals surface area contributed by atoms with Crippen LogP contribution in [-0.4, -0.2) is 44.3 Å². The molecule has 7 heteroatoms. The number of likely N-dealkylation sites (N-methyl/N-ethyl adjacent to an activating group) is 1. The molecule has 0 saturated heterocycles. The second-order valence-electron chi connectivity index (χ2n) is 8.68. The summed E-state index contributed by atoms with van der Waals surface area (Å²) in [5.41, 5.74) is 6.14. The van der Waals surface area contributed by atoms with Crippen LogP contribution in [0.4, 0.5) is 11.5 Å². The van der Waals surface area contributed by atoms with E-state index >= 15 is 0 Å². The molecule has 0 atom stereocenters. The van der Waals surface area contributed by atoms with Gasteiger partial charge in [0.1, 0.15) is 18.4 Å². The van der Waals surface area contributed by atoms with E-state index in [4.69, 9.17) is 14.5 Å². The van der Waals surface area contributed by atoms with Gasteiger partial charge in [-0.25, -0.2) is 9.78 Å². The van der Waals surface area contributed by atoms with Crippen LogP contribution in [0, 0.1) is 13.8 Å². The summed E-state index contributed by atoms with van der Waals surface area (Å²) in [7, 11) is 3.67. The summed E-state index contributed by atoms with van der Waals surface area (Å²) >= 11 is 0. The Morgan fingerprint density at radius 2 is 1.73 bits per heavy atom. The Kier molecular flexibility index (Phi) is 12.3. The minimum Gasteiger partial charge on any atom is -0.462 e. The van der Waals surface area contributed by atoms with Gasteiger partial charge in [-0.05, 0) is 57.5 Å². The number of carbonyl (C=O) groups is 2. The summed E-state index contributed by atoms with van der Waals surface area (Å²) < 4.78 is 5.51. The number of nitrogens with zero attached hydrogens (tertiary/aromatic N) is 3.